The Bertz CT molecular complexity index is 2820. The summed E-state index contributed by atoms with van der Waals surface area (Å²) in [7, 11) is -2.06. The smallest absolute Gasteiger partial charge is 0.146 e. The molecule has 2 bridgehead atoms. The van der Waals surface area contributed by atoms with E-state index in [1.807, 2.05) is 72.8 Å². The molecule has 0 amide bonds. The van der Waals surface area contributed by atoms with E-state index in [1.165, 1.54) is 77.0 Å². The van der Waals surface area contributed by atoms with Gasteiger partial charge in [-0.15, -0.1) is 5.54 Å². The van der Waals surface area contributed by atoms with Crippen molar-refractivity contribution in [2.24, 2.45) is 0 Å². The zero-order chi connectivity index (χ0) is 60.5. The van der Waals surface area contributed by atoms with E-state index in [0.29, 0.717) is 73.0 Å². The van der Waals surface area contributed by atoms with Crippen LogP contribution in [0.3, 0.4) is 0 Å². The van der Waals surface area contributed by atoms with Gasteiger partial charge in [0.2, 0.25) is 0 Å². The summed E-state index contributed by atoms with van der Waals surface area (Å²) >= 11 is 2.38. The van der Waals surface area contributed by atoms with Gasteiger partial charge in [0.05, 0.1) is 75.2 Å². The van der Waals surface area contributed by atoms with Gasteiger partial charge < -0.3 is 38.3 Å². The van der Waals surface area contributed by atoms with Crippen LogP contribution in [0.4, 0.5) is 0 Å². The summed E-state index contributed by atoms with van der Waals surface area (Å²) in [4.78, 5) is 0. The van der Waals surface area contributed by atoms with E-state index in [2.05, 4.69) is 143 Å². The van der Waals surface area contributed by atoms with Gasteiger partial charge in [0.15, 0.2) is 0 Å². The molecule has 5 aromatic rings. The van der Waals surface area contributed by atoms with Crippen molar-refractivity contribution in [3.05, 3.63) is 157 Å². The van der Waals surface area contributed by atoms with Gasteiger partial charge in [-0.1, -0.05) is 236 Å². The monoisotopic (exact) mass is 1280 g/mol. The van der Waals surface area contributed by atoms with Crippen LogP contribution in [-0.4, -0.2) is 66.0 Å². The molecule has 1 heterocycles. The fourth-order valence-electron chi connectivity index (χ4n) is 11.4. The van der Waals surface area contributed by atoms with Crippen molar-refractivity contribution in [3.8, 4) is 52.4 Å². The van der Waals surface area contributed by atoms with Crippen LogP contribution >= 0.6 is 22.6 Å². The summed E-state index contributed by atoms with van der Waals surface area (Å²) in [5.74, 6) is 19.6. The summed E-state index contributed by atoms with van der Waals surface area (Å²) in [6, 6.07) is 34.3. The molecule has 0 spiro atoms. The highest BCUT2D eigenvalue weighted by molar-refractivity contribution is 14.1. The van der Waals surface area contributed by atoms with Crippen molar-refractivity contribution in [1.29, 1.82) is 0 Å². The lowest BCUT2D eigenvalue weighted by Crippen LogP contribution is -2.43. The Balaban J connectivity index is 1.39. The van der Waals surface area contributed by atoms with Gasteiger partial charge in [-0.2, -0.15) is 0 Å². The first-order chi connectivity index (χ1) is 41.4. The molecule has 85 heavy (non-hydrogen) atoms. The van der Waals surface area contributed by atoms with Gasteiger partial charge in [-0.3, -0.25) is 0 Å². The highest BCUT2D eigenvalue weighted by atomic mass is 127. The zero-order valence-corrected chi connectivity index (χ0v) is 55.9. The molecule has 0 saturated carbocycles. The molecule has 458 valence electrons. The summed E-state index contributed by atoms with van der Waals surface area (Å²) < 4.78 is 45.7. The van der Waals surface area contributed by atoms with Gasteiger partial charge in [-0.25, -0.2) is 0 Å². The van der Waals surface area contributed by atoms with Crippen molar-refractivity contribution in [2.75, 3.05) is 52.9 Å². The lowest BCUT2D eigenvalue weighted by Gasteiger charge is -2.38. The highest BCUT2D eigenvalue weighted by Crippen LogP contribution is 2.41. The van der Waals surface area contributed by atoms with Crippen molar-refractivity contribution in [2.45, 2.75) is 200 Å². The lowest BCUT2D eigenvalue weighted by atomic mass is 10.0. The van der Waals surface area contributed by atoms with Crippen LogP contribution in [0, 0.1) is 38.7 Å². The van der Waals surface area contributed by atoms with Crippen molar-refractivity contribution in [1.82, 2.24) is 0 Å². The maximum atomic E-state index is 12.0. The second kappa shape index (κ2) is 39.0. The Kier molecular flexibility index (Phi) is 31.6. The number of ether oxygens (including phenoxy) is 7. The maximum absolute atomic E-state index is 12.0. The minimum atomic E-state index is -2.06. The third kappa shape index (κ3) is 23.2. The number of phenols is 1. The predicted octanol–water partition coefficient (Wildman–Crippen LogP) is 19.0. The molecule has 1 N–H and O–H groups in total. The van der Waals surface area contributed by atoms with Crippen molar-refractivity contribution >= 4 is 30.7 Å². The second-order valence-corrected chi connectivity index (χ2v) is 30.4. The standard InChI is InChI=1S/C75H99IO8Si/c1-9-11-13-15-17-19-21-29-42-81-71-53-70(76)72(82-43-30-22-20-18-16-14-12-10-2)52-67(71)40-39-63-37-35-61(41-48-85(58(3)4,59(5)6)60(7)8)49-66(63)38-36-62-50-68-54-79-56-73(64-31-25-23-26-32-64)83-46-44-78-45-47-84-74(65-33-27-24-28-34-65)57-80-55-69(51-62)75(68)77/h23-28,31-35,37,49-53,58-60,73-74,77H,9-22,29-30,42-47,54-57H2,1-8H3/t73-,74-/m1/s1. The molecule has 8 nitrogen and oxygen atoms in total. The Morgan fingerprint density at radius 3 is 1.46 bits per heavy atom. The Labute approximate surface area is 527 Å². The molecule has 5 aromatic carbocycles. The molecule has 0 radical (unpaired) electrons. The van der Waals surface area contributed by atoms with Gasteiger partial charge in [0, 0.05) is 39.4 Å². The van der Waals surface area contributed by atoms with Crippen LogP contribution in [0.2, 0.25) is 16.6 Å². The SMILES string of the molecule is CCCCCCCCCCOc1cc(C#Cc2ccc(C#C[Si](C(C)C)(C(C)C)C(C)C)cc2C#Cc2cc3c(O)c(c2)COC[C@H](c2ccccc2)OCCOCCO[C@@H](c2ccccc2)COC3)c(OCCCCCCCCCC)cc1I. The fourth-order valence-corrected chi connectivity index (χ4v) is 17.3. The zero-order valence-electron chi connectivity index (χ0n) is 52.8. The number of hydrogen-bond acceptors (Lipinski definition) is 8. The van der Waals surface area contributed by atoms with Crippen LogP contribution in [0.1, 0.15) is 220 Å². The van der Waals surface area contributed by atoms with E-state index in [9.17, 15) is 5.11 Å². The number of halogens is 1. The first-order valence-electron chi connectivity index (χ1n) is 32.1. The quantitative estimate of drug-likeness (QED) is 0.0268. The molecule has 10 heteroatoms. The summed E-state index contributed by atoms with van der Waals surface area (Å²) in [5.41, 5.74) is 12.5. The van der Waals surface area contributed by atoms with Crippen LogP contribution in [0.25, 0.3) is 0 Å². The molecule has 1 aliphatic rings. The molecule has 6 rings (SSSR count). The average Bonchev–Trinajstić information content (AvgIpc) is 3.66. The Morgan fingerprint density at radius 1 is 0.482 bits per heavy atom. The van der Waals surface area contributed by atoms with Crippen molar-refractivity contribution in [3.63, 3.8) is 0 Å². The number of benzene rings is 5. The number of rotatable bonds is 25. The number of aromatic hydroxyl groups is 1. The van der Waals surface area contributed by atoms with Gasteiger partial charge >= 0.3 is 0 Å². The summed E-state index contributed by atoms with van der Waals surface area (Å²) in [6.07, 6.45) is 19.1. The molecule has 0 aromatic heterocycles. The normalized spacial score (nSPS) is 15.4. The van der Waals surface area contributed by atoms with Gasteiger partial charge in [0.1, 0.15) is 37.5 Å². The van der Waals surface area contributed by atoms with Crippen LogP contribution in [-0.2, 0) is 36.9 Å². The Morgan fingerprint density at radius 2 is 0.953 bits per heavy atom. The van der Waals surface area contributed by atoms with Crippen molar-refractivity contribution < 1.29 is 38.3 Å². The molecule has 0 aliphatic carbocycles. The largest absolute Gasteiger partial charge is 0.507 e. The van der Waals surface area contributed by atoms with E-state index < -0.39 is 8.07 Å². The summed E-state index contributed by atoms with van der Waals surface area (Å²) in [6.45, 7) is 22.2. The molecule has 2 atom stereocenters. The first kappa shape index (κ1) is 69.0. The third-order valence-electron chi connectivity index (χ3n) is 16.3. The van der Waals surface area contributed by atoms with Crippen LogP contribution < -0.4 is 9.47 Å². The van der Waals surface area contributed by atoms with E-state index >= 15 is 0 Å². The molecule has 1 aliphatic heterocycles. The average molecular weight is 1280 g/mol. The van der Waals surface area contributed by atoms with Crippen LogP contribution in [0.15, 0.2) is 103 Å². The number of fused-ring (bicyclic) bond motifs is 2. The first-order valence-corrected chi connectivity index (χ1v) is 35.5. The molecular weight excluding hydrogens is 1180 g/mol. The third-order valence-corrected chi connectivity index (χ3v) is 23.4. The number of phenolic OH excluding ortho intramolecular Hbond substituents is 1. The highest BCUT2D eigenvalue weighted by Gasteiger charge is 2.41. The van der Waals surface area contributed by atoms with Gasteiger partial charge in [0.25, 0.3) is 0 Å². The molecule has 0 fully saturated rings. The predicted molar refractivity (Wildman–Crippen MR) is 360 cm³/mol. The second-order valence-electron chi connectivity index (χ2n) is 23.7. The summed E-state index contributed by atoms with van der Waals surface area (Å²) in [5, 5.41) is 12.0. The Hall–Kier alpha value is -5.07. The van der Waals surface area contributed by atoms with E-state index in [1.54, 1.807) is 0 Å². The maximum Gasteiger partial charge on any atom is 0.146 e. The topological polar surface area (TPSA) is 84.8 Å². The fraction of sp³-hybridized carbons (Fsp3) is 0.520. The van der Waals surface area contributed by atoms with Crippen LogP contribution in [0.5, 0.6) is 17.2 Å². The molecular formula is C75H99IO8Si. The van der Waals surface area contributed by atoms with Gasteiger partial charge in [-0.05, 0) is 99.6 Å². The number of hydrogen-bond donors (Lipinski definition) is 1. The molecule has 0 saturated heterocycles. The van der Waals surface area contributed by atoms with E-state index in [4.69, 9.17) is 33.2 Å². The minimum Gasteiger partial charge on any atom is -0.507 e. The minimum absolute atomic E-state index is 0.102. The van der Waals surface area contributed by atoms with E-state index in [-0.39, 0.29) is 44.4 Å². The van der Waals surface area contributed by atoms with E-state index in [0.717, 1.165) is 74.1 Å². The number of unbranched alkanes of at least 4 members (excludes halogenated alkanes) is 14. The lowest BCUT2D eigenvalue weighted by molar-refractivity contribution is -0.0646. The molecule has 0 unspecified atom stereocenters.